The molecule has 2 aromatic rings. The van der Waals surface area contributed by atoms with E-state index in [0.29, 0.717) is 10.1 Å². The summed E-state index contributed by atoms with van der Waals surface area (Å²) in [4.78, 5) is 14.1. The number of rotatable bonds is 3. The average Bonchev–Trinajstić information content (AvgIpc) is 2.62. The molecule has 0 fully saturated rings. The molecule has 1 heterocycles. The standard InChI is InChI=1S/C19H16ClN3OS/c1-2-12-3-9-15(10-4-12)23-17(13-5-7-14(20)8-6-13)22-18(24)16(11-21)19(23)25/h3-10,17,25H,2H2,1H3,(H,22,24). The van der Waals surface area contributed by atoms with Crippen molar-refractivity contribution in [2.45, 2.75) is 19.5 Å². The number of hydrogen-bond acceptors (Lipinski definition) is 4. The van der Waals surface area contributed by atoms with Crippen molar-refractivity contribution < 1.29 is 4.79 Å². The predicted molar refractivity (Wildman–Crippen MR) is 102 cm³/mol. The highest BCUT2D eigenvalue weighted by molar-refractivity contribution is 7.84. The fraction of sp³-hybridized carbons (Fsp3) is 0.158. The fourth-order valence-electron chi connectivity index (χ4n) is 2.75. The van der Waals surface area contributed by atoms with Crippen molar-refractivity contribution in [1.82, 2.24) is 5.32 Å². The van der Waals surface area contributed by atoms with Crippen LogP contribution in [0.5, 0.6) is 0 Å². The van der Waals surface area contributed by atoms with E-state index in [1.165, 1.54) is 5.56 Å². The van der Waals surface area contributed by atoms with E-state index in [1.807, 2.05) is 47.4 Å². The van der Waals surface area contributed by atoms with Crippen LogP contribution in [0.1, 0.15) is 24.2 Å². The summed E-state index contributed by atoms with van der Waals surface area (Å²) in [5, 5.41) is 13.1. The lowest BCUT2D eigenvalue weighted by molar-refractivity contribution is -0.118. The van der Waals surface area contributed by atoms with Gasteiger partial charge in [-0.25, -0.2) is 0 Å². The number of aryl methyl sites for hydroxylation is 1. The van der Waals surface area contributed by atoms with Crippen LogP contribution >= 0.6 is 24.2 Å². The van der Waals surface area contributed by atoms with Gasteiger partial charge in [-0.2, -0.15) is 5.26 Å². The zero-order chi connectivity index (χ0) is 18.0. The molecule has 1 amide bonds. The first-order chi connectivity index (χ1) is 12.0. The Bertz CT molecular complexity index is 869. The van der Waals surface area contributed by atoms with Gasteiger partial charge in [0.05, 0.1) is 5.03 Å². The molecule has 0 aromatic heterocycles. The quantitative estimate of drug-likeness (QED) is 0.797. The zero-order valence-corrected chi connectivity index (χ0v) is 15.2. The Labute approximate surface area is 157 Å². The molecule has 0 aliphatic carbocycles. The molecule has 1 unspecified atom stereocenters. The number of nitrogens with one attached hydrogen (secondary N) is 1. The molecule has 6 heteroatoms. The summed E-state index contributed by atoms with van der Waals surface area (Å²) in [5.74, 6) is -0.436. The molecule has 2 aromatic carbocycles. The Kier molecular flexibility index (Phi) is 5.03. The van der Waals surface area contributed by atoms with Gasteiger partial charge in [0.2, 0.25) is 0 Å². The van der Waals surface area contributed by atoms with Crippen molar-refractivity contribution in [2.24, 2.45) is 0 Å². The monoisotopic (exact) mass is 369 g/mol. The molecular weight excluding hydrogens is 354 g/mol. The summed E-state index contributed by atoms with van der Waals surface area (Å²) < 4.78 is 0. The largest absolute Gasteiger partial charge is 0.327 e. The summed E-state index contributed by atoms with van der Waals surface area (Å²) in [6.45, 7) is 2.09. The van der Waals surface area contributed by atoms with Crippen LogP contribution in [0.4, 0.5) is 5.69 Å². The molecular formula is C19H16ClN3OS. The van der Waals surface area contributed by atoms with Crippen LogP contribution in [0.3, 0.4) is 0 Å². The highest BCUT2D eigenvalue weighted by atomic mass is 35.5. The van der Waals surface area contributed by atoms with Crippen LogP contribution in [-0.4, -0.2) is 5.91 Å². The number of amides is 1. The van der Waals surface area contributed by atoms with E-state index in [2.05, 4.69) is 24.9 Å². The molecule has 1 aliphatic heterocycles. The fourth-order valence-corrected chi connectivity index (χ4v) is 3.26. The maximum atomic E-state index is 12.3. The van der Waals surface area contributed by atoms with Crippen LogP contribution in [0, 0.1) is 11.3 Å². The normalized spacial score (nSPS) is 17.3. The molecule has 0 saturated carbocycles. The molecule has 0 saturated heterocycles. The van der Waals surface area contributed by atoms with E-state index in [4.69, 9.17) is 11.6 Å². The maximum Gasteiger partial charge on any atom is 0.266 e. The van der Waals surface area contributed by atoms with Gasteiger partial charge in [-0.15, -0.1) is 12.6 Å². The maximum absolute atomic E-state index is 12.3. The Balaban J connectivity index is 2.11. The predicted octanol–water partition coefficient (Wildman–Crippen LogP) is 4.20. The zero-order valence-electron chi connectivity index (χ0n) is 13.5. The lowest BCUT2D eigenvalue weighted by Crippen LogP contribution is -2.46. The minimum absolute atomic E-state index is 0.00638. The van der Waals surface area contributed by atoms with Crippen LogP contribution in [0.25, 0.3) is 0 Å². The van der Waals surface area contributed by atoms with Gasteiger partial charge in [0.25, 0.3) is 5.91 Å². The molecule has 1 N–H and O–H groups in total. The van der Waals surface area contributed by atoms with Crippen molar-refractivity contribution >= 4 is 35.8 Å². The number of carbonyl (C=O) groups excluding carboxylic acids is 1. The van der Waals surface area contributed by atoms with E-state index in [-0.39, 0.29) is 5.57 Å². The van der Waals surface area contributed by atoms with E-state index < -0.39 is 12.1 Å². The molecule has 25 heavy (non-hydrogen) atoms. The summed E-state index contributed by atoms with van der Waals surface area (Å²) >= 11 is 10.4. The molecule has 4 nitrogen and oxygen atoms in total. The molecule has 0 bridgehead atoms. The van der Waals surface area contributed by atoms with Crippen LogP contribution in [-0.2, 0) is 11.2 Å². The first-order valence-electron chi connectivity index (χ1n) is 7.83. The molecule has 0 radical (unpaired) electrons. The lowest BCUT2D eigenvalue weighted by Gasteiger charge is -2.38. The highest BCUT2D eigenvalue weighted by Gasteiger charge is 2.33. The number of hydrogen-bond donors (Lipinski definition) is 2. The third kappa shape index (κ3) is 3.37. The van der Waals surface area contributed by atoms with Crippen molar-refractivity contribution in [3.05, 3.63) is 75.3 Å². The Hall–Kier alpha value is -2.42. The number of benzene rings is 2. The van der Waals surface area contributed by atoms with Gasteiger partial charge >= 0.3 is 0 Å². The minimum Gasteiger partial charge on any atom is -0.327 e. The van der Waals surface area contributed by atoms with Gasteiger partial charge < -0.3 is 10.2 Å². The van der Waals surface area contributed by atoms with Gasteiger partial charge in [-0.1, -0.05) is 42.8 Å². The summed E-state index contributed by atoms with van der Waals surface area (Å²) in [6, 6.07) is 17.1. The second-order valence-corrected chi connectivity index (χ2v) is 6.49. The van der Waals surface area contributed by atoms with Gasteiger partial charge in [-0.05, 0) is 41.8 Å². The summed E-state index contributed by atoms with van der Waals surface area (Å²) in [5.41, 5.74) is 2.89. The number of nitriles is 1. The van der Waals surface area contributed by atoms with Crippen molar-refractivity contribution in [3.8, 4) is 6.07 Å². The molecule has 126 valence electrons. The minimum atomic E-state index is -0.471. The highest BCUT2D eigenvalue weighted by Crippen LogP contribution is 2.36. The van der Waals surface area contributed by atoms with E-state index in [1.54, 1.807) is 12.1 Å². The van der Waals surface area contributed by atoms with Crippen LogP contribution < -0.4 is 10.2 Å². The Morgan fingerprint density at radius 1 is 1.20 bits per heavy atom. The topological polar surface area (TPSA) is 56.1 Å². The van der Waals surface area contributed by atoms with E-state index >= 15 is 0 Å². The lowest BCUT2D eigenvalue weighted by atomic mass is 10.1. The van der Waals surface area contributed by atoms with Gasteiger partial charge in [0, 0.05) is 10.7 Å². The second-order valence-electron chi connectivity index (χ2n) is 5.63. The van der Waals surface area contributed by atoms with Gasteiger partial charge in [0.1, 0.15) is 17.8 Å². The van der Waals surface area contributed by atoms with E-state index in [0.717, 1.165) is 17.7 Å². The van der Waals surface area contributed by atoms with Crippen LogP contribution in [0.2, 0.25) is 5.02 Å². The number of carbonyl (C=O) groups is 1. The SMILES string of the molecule is CCc1ccc(N2C(S)=C(C#N)C(=O)NC2c2ccc(Cl)cc2)cc1. The smallest absolute Gasteiger partial charge is 0.266 e. The van der Waals surface area contributed by atoms with Gasteiger partial charge in [-0.3, -0.25) is 4.79 Å². The van der Waals surface area contributed by atoms with E-state index in [9.17, 15) is 10.1 Å². The molecule has 1 aliphatic rings. The molecule has 0 spiro atoms. The third-order valence-corrected chi connectivity index (χ3v) is 4.82. The number of thiol groups is 1. The van der Waals surface area contributed by atoms with Crippen LogP contribution in [0.15, 0.2) is 59.1 Å². The van der Waals surface area contributed by atoms with Crippen molar-refractivity contribution in [3.63, 3.8) is 0 Å². The summed E-state index contributed by atoms with van der Waals surface area (Å²) in [7, 11) is 0. The number of anilines is 1. The Morgan fingerprint density at radius 2 is 1.84 bits per heavy atom. The summed E-state index contributed by atoms with van der Waals surface area (Å²) in [6.07, 6.45) is 0.465. The average molecular weight is 370 g/mol. The second kappa shape index (κ2) is 7.22. The third-order valence-electron chi connectivity index (χ3n) is 4.13. The number of halogens is 1. The Morgan fingerprint density at radius 3 is 2.40 bits per heavy atom. The molecule has 1 atom stereocenters. The first-order valence-corrected chi connectivity index (χ1v) is 8.65. The van der Waals surface area contributed by atoms with Gasteiger partial charge in [0.15, 0.2) is 0 Å². The number of nitrogens with zero attached hydrogens (tertiary/aromatic N) is 2. The van der Waals surface area contributed by atoms with Crippen molar-refractivity contribution in [2.75, 3.05) is 4.90 Å². The van der Waals surface area contributed by atoms with Crippen molar-refractivity contribution in [1.29, 1.82) is 5.26 Å². The first kappa shape index (κ1) is 17.4. The molecule has 3 rings (SSSR count).